The summed E-state index contributed by atoms with van der Waals surface area (Å²) in [6.45, 7) is 3.04. The summed E-state index contributed by atoms with van der Waals surface area (Å²) >= 11 is 0. The Kier molecular flexibility index (Phi) is 6.46. The number of alkyl halides is 9. The Morgan fingerprint density at radius 1 is 1.00 bits per heavy atom. The van der Waals surface area contributed by atoms with E-state index in [0.29, 0.717) is 13.3 Å². The van der Waals surface area contributed by atoms with Crippen molar-refractivity contribution in [1.29, 1.82) is 0 Å². The van der Waals surface area contributed by atoms with Crippen LogP contribution in [0, 0.1) is 23.2 Å². The molecule has 0 saturated heterocycles. The van der Waals surface area contributed by atoms with Gasteiger partial charge in [0.25, 0.3) is 5.60 Å². The summed E-state index contributed by atoms with van der Waals surface area (Å²) < 4.78 is 124. The number of halogens is 9. The first kappa shape index (κ1) is 26.1. The van der Waals surface area contributed by atoms with Gasteiger partial charge in [0, 0.05) is 0 Å². The predicted octanol–water partition coefficient (Wildman–Crippen LogP) is 5.95. The molecule has 12 heteroatoms. The summed E-state index contributed by atoms with van der Waals surface area (Å²) in [6.07, 6.45) is -18.9. The molecule has 3 rings (SSSR count). The van der Waals surface area contributed by atoms with Gasteiger partial charge in [0.15, 0.2) is 0 Å². The van der Waals surface area contributed by atoms with Gasteiger partial charge in [-0.1, -0.05) is 13.3 Å². The fourth-order valence-electron chi connectivity index (χ4n) is 5.02. The highest BCUT2D eigenvalue weighted by molar-refractivity contribution is 5.77. The SMILES string of the molecule is CCC(C)(OC(=O)C1(C)CC2CCC1C(CC(O)(C(F)(F)F)C(F)(F)F)C2)C(F)(F)F. The van der Waals surface area contributed by atoms with Crippen molar-refractivity contribution < 1.29 is 54.2 Å². The van der Waals surface area contributed by atoms with Crippen LogP contribution in [0.3, 0.4) is 0 Å². The van der Waals surface area contributed by atoms with E-state index in [-0.39, 0.29) is 19.3 Å². The Balaban J connectivity index is 2.36. The molecular weight excluding hydrogens is 447 g/mol. The average Bonchev–Trinajstić information content (AvgIpc) is 2.58. The number of carbonyl (C=O) groups excluding carboxylic acids is 1. The maximum Gasteiger partial charge on any atom is 0.428 e. The number of aliphatic hydroxyl groups is 1. The van der Waals surface area contributed by atoms with Gasteiger partial charge < -0.3 is 9.84 Å². The molecule has 1 N–H and O–H groups in total. The van der Waals surface area contributed by atoms with Gasteiger partial charge in [-0.05, 0) is 63.7 Å². The van der Waals surface area contributed by atoms with Crippen molar-refractivity contribution in [3.63, 3.8) is 0 Å². The van der Waals surface area contributed by atoms with E-state index in [2.05, 4.69) is 0 Å². The van der Waals surface area contributed by atoms with Crippen molar-refractivity contribution >= 4 is 5.97 Å². The molecule has 5 unspecified atom stereocenters. The summed E-state index contributed by atoms with van der Waals surface area (Å²) in [5.41, 5.74) is -9.50. The van der Waals surface area contributed by atoms with Gasteiger partial charge in [0.2, 0.25) is 5.60 Å². The van der Waals surface area contributed by atoms with E-state index >= 15 is 0 Å². The van der Waals surface area contributed by atoms with Crippen molar-refractivity contribution in [2.45, 2.75) is 89.0 Å². The smallest absolute Gasteiger partial charge is 0.428 e. The molecule has 31 heavy (non-hydrogen) atoms. The molecule has 0 aromatic rings. The number of carbonyl (C=O) groups is 1. The van der Waals surface area contributed by atoms with Crippen LogP contribution in [0.5, 0.6) is 0 Å². The van der Waals surface area contributed by atoms with Crippen molar-refractivity contribution in [2.75, 3.05) is 0 Å². The van der Waals surface area contributed by atoms with E-state index in [0.717, 1.165) is 6.92 Å². The fraction of sp³-hybridized carbons (Fsp3) is 0.947. The largest absolute Gasteiger partial charge is 0.449 e. The summed E-state index contributed by atoms with van der Waals surface area (Å²) in [4.78, 5) is 12.8. The average molecular weight is 472 g/mol. The Morgan fingerprint density at radius 3 is 1.90 bits per heavy atom. The summed E-state index contributed by atoms with van der Waals surface area (Å²) in [5.74, 6) is -4.21. The van der Waals surface area contributed by atoms with Crippen LogP contribution in [0.2, 0.25) is 0 Å². The molecule has 182 valence electrons. The minimum Gasteiger partial charge on any atom is -0.449 e. The third-order valence-electron chi connectivity index (χ3n) is 7.18. The van der Waals surface area contributed by atoms with Gasteiger partial charge in [-0.3, -0.25) is 4.79 Å². The molecule has 3 saturated carbocycles. The lowest BCUT2D eigenvalue weighted by Gasteiger charge is -2.54. The predicted molar refractivity (Wildman–Crippen MR) is 89.6 cm³/mol. The molecule has 0 heterocycles. The highest BCUT2D eigenvalue weighted by Crippen LogP contribution is 2.60. The molecule has 3 nitrogen and oxygen atoms in total. The van der Waals surface area contributed by atoms with Crippen molar-refractivity contribution in [1.82, 2.24) is 0 Å². The van der Waals surface area contributed by atoms with Crippen molar-refractivity contribution in [3.05, 3.63) is 0 Å². The molecule has 0 radical (unpaired) electrons. The Morgan fingerprint density at radius 2 is 1.52 bits per heavy atom. The number of esters is 1. The second-order valence-corrected chi connectivity index (χ2v) is 9.20. The van der Waals surface area contributed by atoms with Gasteiger partial charge in [0.1, 0.15) is 0 Å². The maximum atomic E-state index is 13.3. The molecule has 2 bridgehead atoms. The van der Waals surface area contributed by atoms with Gasteiger partial charge >= 0.3 is 24.5 Å². The summed E-state index contributed by atoms with van der Waals surface area (Å²) in [5, 5.41) is 9.59. The van der Waals surface area contributed by atoms with E-state index in [1.165, 1.54) is 6.92 Å². The number of fused-ring (bicyclic) bond motifs is 3. The lowest BCUT2D eigenvalue weighted by atomic mass is 9.51. The molecule has 3 aliphatic carbocycles. The quantitative estimate of drug-likeness (QED) is 0.398. The third-order valence-corrected chi connectivity index (χ3v) is 7.18. The first-order chi connectivity index (χ1) is 13.7. The van der Waals surface area contributed by atoms with Crippen LogP contribution in [0.4, 0.5) is 39.5 Å². The zero-order chi connectivity index (χ0) is 24.3. The molecule has 0 aromatic heterocycles. The number of hydrogen-bond donors (Lipinski definition) is 1. The fourth-order valence-corrected chi connectivity index (χ4v) is 5.02. The topological polar surface area (TPSA) is 46.5 Å². The Labute approximate surface area is 173 Å². The number of ether oxygens (including phenoxy) is 1. The molecule has 0 aliphatic heterocycles. The zero-order valence-electron chi connectivity index (χ0n) is 17.1. The van der Waals surface area contributed by atoms with Gasteiger partial charge in [0.05, 0.1) is 5.41 Å². The van der Waals surface area contributed by atoms with Crippen LogP contribution < -0.4 is 0 Å². The second-order valence-electron chi connectivity index (χ2n) is 9.20. The summed E-state index contributed by atoms with van der Waals surface area (Å²) in [6, 6.07) is 0. The minimum atomic E-state index is -6.00. The molecule has 0 spiro atoms. The monoisotopic (exact) mass is 472 g/mol. The van der Waals surface area contributed by atoms with E-state index in [1.807, 2.05) is 0 Å². The van der Waals surface area contributed by atoms with Crippen LogP contribution in [-0.2, 0) is 9.53 Å². The summed E-state index contributed by atoms with van der Waals surface area (Å²) in [7, 11) is 0. The number of hydrogen-bond acceptors (Lipinski definition) is 3. The van der Waals surface area contributed by atoms with Gasteiger partial charge in [-0.15, -0.1) is 0 Å². The highest BCUT2D eigenvalue weighted by Gasteiger charge is 2.72. The lowest BCUT2D eigenvalue weighted by molar-refractivity contribution is -0.375. The van der Waals surface area contributed by atoms with E-state index < -0.39 is 71.7 Å². The van der Waals surface area contributed by atoms with Crippen molar-refractivity contribution in [2.24, 2.45) is 23.2 Å². The molecule has 0 amide bonds. The first-order valence-corrected chi connectivity index (χ1v) is 9.88. The van der Waals surface area contributed by atoms with Crippen LogP contribution >= 0.6 is 0 Å². The molecule has 3 fully saturated rings. The molecule has 3 aliphatic rings. The minimum absolute atomic E-state index is 0.00111. The van der Waals surface area contributed by atoms with Crippen LogP contribution in [-0.4, -0.2) is 40.8 Å². The highest BCUT2D eigenvalue weighted by atomic mass is 19.4. The van der Waals surface area contributed by atoms with Crippen LogP contribution in [0.15, 0.2) is 0 Å². The van der Waals surface area contributed by atoms with E-state index in [9.17, 15) is 49.4 Å². The normalized spacial score (nSPS) is 32.0. The van der Waals surface area contributed by atoms with Crippen LogP contribution in [0.1, 0.15) is 59.3 Å². The second kappa shape index (κ2) is 7.69. The maximum absolute atomic E-state index is 13.3. The molecular formula is C19H25F9O3. The van der Waals surface area contributed by atoms with Gasteiger partial charge in [-0.2, -0.15) is 39.5 Å². The molecule has 0 aromatic carbocycles. The third kappa shape index (κ3) is 4.37. The Bertz CT molecular complexity index is 671. The standard InChI is InChI=1S/C19H25F9O3/c1-4-15(3,17(20,21)22)31-13(29)14(2)8-10-5-6-12(14)11(7-10)9-16(30,18(23,24)25)19(26,27)28/h10-12,30H,4-9H2,1-3H3. The van der Waals surface area contributed by atoms with Crippen LogP contribution in [0.25, 0.3) is 0 Å². The Hall–Kier alpha value is -1.20. The van der Waals surface area contributed by atoms with E-state index in [1.54, 1.807) is 0 Å². The lowest BCUT2D eigenvalue weighted by Crippen LogP contribution is -2.60. The van der Waals surface area contributed by atoms with Gasteiger partial charge in [-0.25, -0.2) is 0 Å². The first-order valence-electron chi connectivity index (χ1n) is 9.88. The molecule has 5 atom stereocenters. The zero-order valence-corrected chi connectivity index (χ0v) is 17.1. The number of rotatable bonds is 5. The van der Waals surface area contributed by atoms with E-state index in [4.69, 9.17) is 4.74 Å². The van der Waals surface area contributed by atoms with Crippen molar-refractivity contribution in [3.8, 4) is 0 Å².